The summed E-state index contributed by atoms with van der Waals surface area (Å²) >= 11 is 0. The van der Waals surface area contributed by atoms with Crippen LogP contribution in [0.2, 0.25) is 0 Å². The van der Waals surface area contributed by atoms with E-state index in [-0.39, 0.29) is 0 Å². The van der Waals surface area contributed by atoms with Gasteiger partial charge in [0.1, 0.15) is 0 Å². The number of hydrogen-bond acceptors (Lipinski definition) is 1. The van der Waals surface area contributed by atoms with E-state index < -0.39 is 0 Å². The minimum atomic E-state index is 0.754. The van der Waals surface area contributed by atoms with E-state index in [0.717, 1.165) is 18.0 Å². The van der Waals surface area contributed by atoms with Crippen LogP contribution in [0.25, 0.3) is 0 Å². The molecule has 0 aromatic heterocycles. The maximum atomic E-state index is 5.75. The van der Waals surface area contributed by atoms with Crippen molar-refractivity contribution in [2.75, 3.05) is 0 Å². The third-order valence-electron chi connectivity index (χ3n) is 1.51. The lowest BCUT2D eigenvalue weighted by Gasteiger charge is -2.06. The molecule has 0 fully saturated rings. The van der Waals surface area contributed by atoms with Crippen LogP contribution in [0, 0.1) is 6.04 Å². The second-order valence-corrected chi connectivity index (χ2v) is 2.38. The summed E-state index contributed by atoms with van der Waals surface area (Å²) in [6.07, 6.45) is 2.56. The van der Waals surface area contributed by atoms with E-state index in [4.69, 9.17) is 5.73 Å². The molecular weight excluding hydrogens is 134 g/mol. The van der Waals surface area contributed by atoms with Crippen molar-refractivity contribution in [2.45, 2.75) is 6.42 Å². The fraction of sp³-hybridized carbons (Fsp3) is 0.100. The first-order valence-electron chi connectivity index (χ1n) is 3.62. The predicted octanol–water partition coefficient (Wildman–Crippen LogP) is 2.10. The average Bonchev–Trinajstić information content (AvgIpc) is 2.07. The fourth-order valence-corrected chi connectivity index (χ4v) is 0.926. The van der Waals surface area contributed by atoms with Crippen molar-refractivity contribution in [1.29, 1.82) is 0 Å². The molecule has 1 nitrogen and oxygen atoms in total. The van der Waals surface area contributed by atoms with Crippen LogP contribution in [0.1, 0.15) is 12.0 Å². The van der Waals surface area contributed by atoms with Crippen molar-refractivity contribution in [1.82, 2.24) is 0 Å². The normalized spacial score (nSPS) is 10.0. The van der Waals surface area contributed by atoms with Crippen molar-refractivity contribution < 1.29 is 0 Å². The van der Waals surface area contributed by atoms with Crippen LogP contribution in [0.15, 0.2) is 43.0 Å². The molecule has 0 saturated heterocycles. The van der Waals surface area contributed by atoms with Gasteiger partial charge in [0.25, 0.3) is 0 Å². The van der Waals surface area contributed by atoms with Crippen LogP contribution in [0.5, 0.6) is 0 Å². The number of rotatable bonds is 3. The van der Waals surface area contributed by atoms with Crippen LogP contribution in [-0.4, -0.2) is 0 Å². The highest BCUT2D eigenvalue weighted by Crippen LogP contribution is 2.11. The Morgan fingerprint density at radius 3 is 2.55 bits per heavy atom. The first-order chi connectivity index (χ1) is 5.34. The van der Waals surface area contributed by atoms with E-state index in [1.165, 1.54) is 0 Å². The Balaban J connectivity index is 2.68. The minimum absolute atomic E-state index is 0.754. The molecule has 11 heavy (non-hydrogen) atoms. The Kier molecular flexibility index (Phi) is 2.87. The molecule has 1 heteroatoms. The largest absolute Gasteiger partial charge is 0.319 e. The van der Waals surface area contributed by atoms with Gasteiger partial charge in [0.15, 0.2) is 0 Å². The zero-order valence-electron chi connectivity index (χ0n) is 6.46. The summed E-state index contributed by atoms with van der Waals surface area (Å²) in [6.45, 7) is 3.63. The monoisotopic (exact) mass is 146 g/mol. The SMILES string of the molecule is C=CC[C](N)c1ccccc1. The molecule has 0 saturated carbocycles. The van der Waals surface area contributed by atoms with Crippen LogP contribution in [-0.2, 0) is 0 Å². The molecule has 0 aliphatic heterocycles. The van der Waals surface area contributed by atoms with Crippen molar-refractivity contribution >= 4 is 0 Å². The Bertz CT molecular complexity index is 216. The van der Waals surface area contributed by atoms with Crippen LogP contribution >= 0.6 is 0 Å². The average molecular weight is 146 g/mol. The first-order valence-corrected chi connectivity index (χ1v) is 3.62. The quantitative estimate of drug-likeness (QED) is 0.649. The molecule has 1 radical (unpaired) electrons. The Morgan fingerprint density at radius 2 is 2.00 bits per heavy atom. The lowest BCUT2D eigenvalue weighted by molar-refractivity contribution is 0.992. The van der Waals surface area contributed by atoms with Crippen molar-refractivity contribution in [2.24, 2.45) is 5.73 Å². The molecule has 0 aliphatic carbocycles. The number of benzene rings is 1. The van der Waals surface area contributed by atoms with Gasteiger partial charge in [0.05, 0.1) is 6.04 Å². The summed E-state index contributed by atoms with van der Waals surface area (Å²) < 4.78 is 0. The van der Waals surface area contributed by atoms with E-state index in [2.05, 4.69) is 6.58 Å². The second kappa shape index (κ2) is 3.94. The molecule has 0 aliphatic rings. The van der Waals surface area contributed by atoms with Crippen molar-refractivity contribution in [3.63, 3.8) is 0 Å². The molecule has 2 N–H and O–H groups in total. The highest BCUT2D eigenvalue weighted by atomic mass is 14.6. The fourth-order valence-electron chi connectivity index (χ4n) is 0.926. The summed E-state index contributed by atoms with van der Waals surface area (Å²) in [7, 11) is 0. The molecule has 1 rings (SSSR count). The Labute approximate surface area is 67.5 Å². The van der Waals surface area contributed by atoms with Gasteiger partial charge in [-0.05, 0) is 12.0 Å². The lowest BCUT2D eigenvalue weighted by Crippen LogP contribution is -2.09. The predicted molar refractivity (Wildman–Crippen MR) is 47.8 cm³/mol. The van der Waals surface area contributed by atoms with E-state index in [9.17, 15) is 0 Å². The van der Waals surface area contributed by atoms with Gasteiger partial charge in [-0.15, -0.1) is 6.58 Å². The summed E-state index contributed by atoms with van der Waals surface area (Å²) in [5, 5.41) is 0. The second-order valence-electron chi connectivity index (χ2n) is 2.38. The molecule has 1 aromatic carbocycles. The first kappa shape index (κ1) is 8.02. The molecule has 57 valence electrons. The van der Waals surface area contributed by atoms with Gasteiger partial charge in [-0.3, -0.25) is 0 Å². The van der Waals surface area contributed by atoms with E-state index in [1.54, 1.807) is 0 Å². The van der Waals surface area contributed by atoms with Gasteiger partial charge in [-0.25, -0.2) is 0 Å². The number of hydrogen-bond donors (Lipinski definition) is 1. The molecule has 0 unspecified atom stereocenters. The molecule has 0 atom stereocenters. The van der Waals surface area contributed by atoms with Crippen molar-refractivity contribution in [3.05, 3.63) is 54.6 Å². The van der Waals surface area contributed by atoms with E-state index in [0.29, 0.717) is 0 Å². The third kappa shape index (κ3) is 2.20. The topological polar surface area (TPSA) is 26.0 Å². The Hall–Kier alpha value is -1.08. The van der Waals surface area contributed by atoms with Gasteiger partial charge in [0.2, 0.25) is 0 Å². The zero-order valence-corrected chi connectivity index (χ0v) is 6.46. The van der Waals surface area contributed by atoms with Gasteiger partial charge < -0.3 is 5.73 Å². The Morgan fingerprint density at radius 1 is 1.36 bits per heavy atom. The van der Waals surface area contributed by atoms with Crippen LogP contribution < -0.4 is 5.73 Å². The standard InChI is InChI=1S/C10H12N/c1-2-6-10(11)9-7-4-3-5-8-9/h2-5,7-8H,1,6,11H2. The highest BCUT2D eigenvalue weighted by molar-refractivity contribution is 5.29. The molecule has 0 bridgehead atoms. The maximum Gasteiger partial charge on any atom is 0.0672 e. The maximum absolute atomic E-state index is 5.75. The summed E-state index contributed by atoms with van der Waals surface area (Å²) in [5.41, 5.74) is 6.84. The molecule has 0 spiro atoms. The lowest BCUT2D eigenvalue weighted by atomic mass is 10.1. The number of nitrogens with two attached hydrogens (primary N) is 1. The summed E-state index contributed by atoms with van der Waals surface area (Å²) in [5.74, 6) is 0. The molecule has 0 heterocycles. The minimum Gasteiger partial charge on any atom is -0.319 e. The van der Waals surface area contributed by atoms with Crippen LogP contribution in [0.4, 0.5) is 0 Å². The smallest absolute Gasteiger partial charge is 0.0672 e. The molecule has 1 aromatic rings. The zero-order chi connectivity index (χ0) is 8.10. The van der Waals surface area contributed by atoms with Gasteiger partial charge in [-0.1, -0.05) is 36.4 Å². The van der Waals surface area contributed by atoms with Gasteiger partial charge in [0, 0.05) is 0 Å². The van der Waals surface area contributed by atoms with Crippen molar-refractivity contribution in [3.8, 4) is 0 Å². The molecular formula is C10H12N. The van der Waals surface area contributed by atoms with E-state index >= 15 is 0 Å². The van der Waals surface area contributed by atoms with Gasteiger partial charge in [-0.2, -0.15) is 0 Å². The molecule has 0 amide bonds. The van der Waals surface area contributed by atoms with Gasteiger partial charge >= 0.3 is 0 Å². The van der Waals surface area contributed by atoms with Crippen LogP contribution in [0.3, 0.4) is 0 Å². The highest BCUT2D eigenvalue weighted by Gasteiger charge is 2.01. The van der Waals surface area contributed by atoms with E-state index in [1.807, 2.05) is 36.4 Å². The summed E-state index contributed by atoms with van der Waals surface area (Å²) in [4.78, 5) is 0. The third-order valence-corrected chi connectivity index (χ3v) is 1.51. The summed E-state index contributed by atoms with van der Waals surface area (Å²) in [6, 6.07) is 10.8.